The molecule has 0 aliphatic carbocycles. The summed E-state index contributed by atoms with van der Waals surface area (Å²) < 4.78 is 5.56. The third-order valence-corrected chi connectivity index (χ3v) is 4.08. The first kappa shape index (κ1) is 16.5. The standard InChI is InChI=1S/C18H25NO3/c1-4-17(20)15-5-7-16(8-6-15)22-12-18(21)19-10-13(2)9-14(3)11-19/h5-8,13-14H,4,9-12H2,1-3H3. The molecular formula is C18H25NO3. The Morgan fingerprint density at radius 3 is 2.27 bits per heavy atom. The molecule has 4 nitrogen and oxygen atoms in total. The second-order valence-electron chi connectivity index (χ2n) is 6.33. The van der Waals surface area contributed by atoms with E-state index in [1.54, 1.807) is 24.3 Å². The number of Topliss-reactive ketones (excluding diaryl/α,β-unsaturated/α-hetero) is 1. The molecule has 0 saturated carbocycles. The van der Waals surface area contributed by atoms with Crippen LogP contribution in [0.1, 0.15) is 44.0 Å². The highest BCUT2D eigenvalue weighted by Crippen LogP contribution is 2.21. The highest BCUT2D eigenvalue weighted by molar-refractivity contribution is 5.95. The normalized spacial score (nSPS) is 21.5. The summed E-state index contributed by atoms with van der Waals surface area (Å²) in [5.41, 5.74) is 0.680. The summed E-state index contributed by atoms with van der Waals surface area (Å²) in [6.07, 6.45) is 1.67. The van der Waals surface area contributed by atoms with Gasteiger partial charge in [-0.05, 0) is 42.5 Å². The molecule has 2 rings (SSSR count). The van der Waals surface area contributed by atoms with E-state index in [2.05, 4.69) is 13.8 Å². The number of amides is 1. The molecule has 120 valence electrons. The van der Waals surface area contributed by atoms with E-state index in [1.807, 2.05) is 11.8 Å². The minimum absolute atomic E-state index is 0.0344. The molecule has 1 aromatic carbocycles. The molecule has 4 heteroatoms. The molecule has 0 bridgehead atoms. The summed E-state index contributed by atoms with van der Waals surface area (Å²) in [5.74, 6) is 1.87. The summed E-state index contributed by atoms with van der Waals surface area (Å²) in [4.78, 5) is 25.7. The maximum absolute atomic E-state index is 12.2. The number of hydrogen-bond acceptors (Lipinski definition) is 3. The Labute approximate surface area is 132 Å². The molecule has 1 amide bonds. The fraction of sp³-hybridized carbons (Fsp3) is 0.556. The zero-order valence-corrected chi connectivity index (χ0v) is 13.7. The fourth-order valence-electron chi connectivity index (χ4n) is 3.04. The summed E-state index contributed by atoms with van der Waals surface area (Å²) in [5, 5.41) is 0. The van der Waals surface area contributed by atoms with E-state index in [0.717, 1.165) is 13.1 Å². The predicted molar refractivity (Wildman–Crippen MR) is 86.1 cm³/mol. The maximum atomic E-state index is 12.2. The number of ether oxygens (including phenoxy) is 1. The Balaban J connectivity index is 1.87. The number of hydrogen-bond donors (Lipinski definition) is 0. The van der Waals surface area contributed by atoms with Gasteiger partial charge in [0.2, 0.25) is 0 Å². The molecule has 1 aromatic rings. The Morgan fingerprint density at radius 2 is 1.73 bits per heavy atom. The van der Waals surface area contributed by atoms with E-state index < -0.39 is 0 Å². The Bertz CT molecular complexity index is 514. The second-order valence-corrected chi connectivity index (χ2v) is 6.33. The topological polar surface area (TPSA) is 46.6 Å². The van der Waals surface area contributed by atoms with Crippen LogP contribution in [0.25, 0.3) is 0 Å². The zero-order valence-electron chi connectivity index (χ0n) is 13.7. The van der Waals surface area contributed by atoms with Crippen LogP contribution in [-0.2, 0) is 4.79 Å². The smallest absolute Gasteiger partial charge is 0.260 e. The molecule has 2 atom stereocenters. The lowest BCUT2D eigenvalue weighted by Gasteiger charge is -2.34. The number of ketones is 1. The monoisotopic (exact) mass is 303 g/mol. The number of nitrogens with zero attached hydrogens (tertiary/aromatic N) is 1. The third-order valence-electron chi connectivity index (χ3n) is 4.08. The highest BCUT2D eigenvalue weighted by atomic mass is 16.5. The first-order chi connectivity index (χ1) is 10.5. The molecule has 1 fully saturated rings. The van der Waals surface area contributed by atoms with Gasteiger partial charge in [0.1, 0.15) is 5.75 Å². The van der Waals surface area contributed by atoms with Gasteiger partial charge in [-0.3, -0.25) is 9.59 Å². The molecular weight excluding hydrogens is 278 g/mol. The summed E-state index contributed by atoms with van der Waals surface area (Å²) in [6, 6.07) is 6.99. The molecule has 0 radical (unpaired) electrons. The molecule has 1 aliphatic rings. The van der Waals surface area contributed by atoms with Crippen molar-refractivity contribution in [2.24, 2.45) is 11.8 Å². The van der Waals surface area contributed by atoms with Crippen molar-refractivity contribution in [3.8, 4) is 5.75 Å². The Hall–Kier alpha value is -1.84. The van der Waals surface area contributed by atoms with Crippen LogP contribution in [0, 0.1) is 11.8 Å². The SMILES string of the molecule is CCC(=O)c1ccc(OCC(=O)N2CC(C)CC(C)C2)cc1. The van der Waals surface area contributed by atoms with Gasteiger partial charge < -0.3 is 9.64 Å². The van der Waals surface area contributed by atoms with Crippen molar-refractivity contribution in [3.05, 3.63) is 29.8 Å². The van der Waals surface area contributed by atoms with E-state index in [0.29, 0.717) is 29.6 Å². The minimum atomic E-state index is 0.0344. The molecule has 22 heavy (non-hydrogen) atoms. The Kier molecular flexibility index (Phi) is 5.58. The molecule has 0 spiro atoms. The van der Waals surface area contributed by atoms with Gasteiger partial charge >= 0.3 is 0 Å². The molecule has 1 aliphatic heterocycles. The first-order valence-corrected chi connectivity index (χ1v) is 8.03. The van der Waals surface area contributed by atoms with Crippen LogP contribution in [0.2, 0.25) is 0 Å². The van der Waals surface area contributed by atoms with E-state index >= 15 is 0 Å². The van der Waals surface area contributed by atoms with E-state index in [4.69, 9.17) is 4.74 Å². The molecule has 1 heterocycles. The van der Waals surface area contributed by atoms with Crippen LogP contribution in [0.3, 0.4) is 0 Å². The minimum Gasteiger partial charge on any atom is -0.484 e. The van der Waals surface area contributed by atoms with Gasteiger partial charge in [-0.1, -0.05) is 20.8 Å². The van der Waals surface area contributed by atoms with Crippen LogP contribution in [-0.4, -0.2) is 36.3 Å². The van der Waals surface area contributed by atoms with Gasteiger partial charge in [-0.2, -0.15) is 0 Å². The van der Waals surface area contributed by atoms with Gasteiger partial charge in [0.25, 0.3) is 5.91 Å². The summed E-state index contributed by atoms with van der Waals surface area (Å²) >= 11 is 0. The number of carbonyl (C=O) groups excluding carboxylic acids is 2. The van der Waals surface area contributed by atoms with Crippen LogP contribution in [0.4, 0.5) is 0 Å². The predicted octanol–water partition coefficient (Wildman–Crippen LogP) is 3.16. The van der Waals surface area contributed by atoms with E-state index in [1.165, 1.54) is 6.42 Å². The fourth-order valence-corrected chi connectivity index (χ4v) is 3.04. The number of likely N-dealkylation sites (tertiary alicyclic amines) is 1. The van der Waals surface area contributed by atoms with Crippen molar-refractivity contribution in [3.63, 3.8) is 0 Å². The number of carbonyl (C=O) groups is 2. The average Bonchev–Trinajstić information content (AvgIpc) is 2.51. The van der Waals surface area contributed by atoms with Gasteiger partial charge in [-0.15, -0.1) is 0 Å². The van der Waals surface area contributed by atoms with Gasteiger partial charge in [-0.25, -0.2) is 0 Å². The van der Waals surface area contributed by atoms with Crippen molar-refractivity contribution in [2.75, 3.05) is 19.7 Å². The lowest BCUT2D eigenvalue weighted by atomic mass is 9.92. The summed E-state index contributed by atoms with van der Waals surface area (Å²) in [7, 11) is 0. The molecule has 0 N–H and O–H groups in total. The zero-order chi connectivity index (χ0) is 16.1. The second kappa shape index (κ2) is 7.43. The molecule has 1 saturated heterocycles. The molecule has 2 unspecified atom stereocenters. The number of rotatable bonds is 5. The van der Waals surface area contributed by atoms with Crippen LogP contribution < -0.4 is 4.74 Å². The van der Waals surface area contributed by atoms with Crippen LogP contribution in [0.15, 0.2) is 24.3 Å². The van der Waals surface area contributed by atoms with Crippen molar-refractivity contribution in [1.82, 2.24) is 4.90 Å². The number of benzene rings is 1. The molecule has 0 aromatic heterocycles. The third kappa shape index (κ3) is 4.33. The van der Waals surface area contributed by atoms with Gasteiger partial charge in [0, 0.05) is 25.1 Å². The maximum Gasteiger partial charge on any atom is 0.260 e. The lowest BCUT2D eigenvalue weighted by molar-refractivity contribution is -0.136. The lowest BCUT2D eigenvalue weighted by Crippen LogP contribution is -2.44. The van der Waals surface area contributed by atoms with Gasteiger partial charge in [0.15, 0.2) is 12.4 Å². The van der Waals surface area contributed by atoms with Crippen molar-refractivity contribution < 1.29 is 14.3 Å². The quantitative estimate of drug-likeness (QED) is 0.785. The summed E-state index contributed by atoms with van der Waals surface area (Å²) in [6.45, 7) is 7.89. The largest absolute Gasteiger partial charge is 0.484 e. The Morgan fingerprint density at radius 1 is 1.14 bits per heavy atom. The first-order valence-electron chi connectivity index (χ1n) is 8.03. The van der Waals surface area contributed by atoms with Crippen molar-refractivity contribution >= 4 is 11.7 Å². The van der Waals surface area contributed by atoms with Crippen LogP contribution >= 0.6 is 0 Å². The van der Waals surface area contributed by atoms with E-state index in [9.17, 15) is 9.59 Å². The average molecular weight is 303 g/mol. The van der Waals surface area contributed by atoms with Crippen LogP contribution in [0.5, 0.6) is 5.75 Å². The van der Waals surface area contributed by atoms with Crippen molar-refractivity contribution in [2.45, 2.75) is 33.6 Å². The number of piperidine rings is 1. The van der Waals surface area contributed by atoms with E-state index in [-0.39, 0.29) is 18.3 Å². The van der Waals surface area contributed by atoms with Crippen molar-refractivity contribution in [1.29, 1.82) is 0 Å². The van der Waals surface area contributed by atoms with Gasteiger partial charge in [0.05, 0.1) is 0 Å². The highest BCUT2D eigenvalue weighted by Gasteiger charge is 2.25.